The van der Waals surface area contributed by atoms with E-state index in [-0.39, 0.29) is 18.6 Å². The third-order valence-corrected chi connectivity index (χ3v) is 4.68. The largest absolute Gasteiger partial charge is 0.396 e. The van der Waals surface area contributed by atoms with Crippen LogP contribution in [-0.4, -0.2) is 28.2 Å². The molecule has 1 amide bonds. The summed E-state index contributed by atoms with van der Waals surface area (Å²) in [4.78, 5) is 12.5. The van der Waals surface area contributed by atoms with Crippen LogP contribution in [0, 0.1) is 5.92 Å². The average Bonchev–Trinajstić information content (AvgIpc) is 2.94. The van der Waals surface area contributed by atoms with E-state index in [1.807, 2.05) is 18.3 Å². The molecule has 1 aromatic rings. The summed E-state index contributed by atoms with van der Waals surface area (Å²) in [5.41, 5.74) is 0.778. The molecule has 1 aromatic heterocycles. The summed E-state index contributed by atoms with van der Waals surface area (Å²) in [5, 5.41) is 12.3. The molecule has 1 atom stereocenters. The van der Waals surface area contributed by atoms with Gasteiger partial charge >= 0.3 is 0 Å². The molecule has 0 aliphatic heterocycles. The van der Waals surface area contributed by atoms with Gasteiger partial charge in [-0.3, -0.25) is 4.79 Å². The van der Waals surface area contributed by atoms with Gasteiger partial charge in [0.25, 0.3) is 5.91 Å². The number of aromatic nitrogens is 1. The standard InChI is InChI=1S/C16H24N2O2/c19-11-9-14(12-7-8-12)17-16(20)15-6-3-10-18(15)13-4-1-2-5-13/h3,6,10,12-14,19H,1-2,4-5,7-9,11H2,(H,17,20). The van der Waals surface area contributed by atoms with Gasteiger partial charge in [0.2, 0.25) is 0 Å². The normalized spacial score (nSPS) is 21.1. The van der Waals surface area contributed by atoms with Crippen LogP contribution in [0.2, 0.25) is 0 Å². The number of aliphatic hydroxyl groups excluding tert-OH is 1. The highest BCUT2D eigenvalue weighted by Crippen LogP contribution is 2.34. The molecule has 0 aromatic carbocycles. The Morgan fingerprint density at radius 3 is 2.75 bits per heavy atom. The number of carbonyl (C=O) groups is 1. The number of carbonyl (C=O) groups excluding carboxylic acids is 1. The lowest BCUT2D eigenvalue weighted by Crippen LogP contribution is -2.38. The highest BCUT2D eigenvalue weighted by atomic mass is 16.3. The van der Waals surface area contributed by atoms with Gasteiger partial charge < -0.3 is 15.0 Å². The molecular formula is C16H24N2O2. The monoisotopic (exact) mass is 276 g/mol. The highest BCUT2D eigenvalue weighted by Gasteiger charge is 2.32. The Bertz CT molecular complexity index is 459. The molecule has 0 bridgehead atoms. The minimum absolute atomic E-state index is 0.0206. The summed E-state index contributed by atoms with van der Waals surface area (Å²) in [7, 11) is 0. The van der Waals surface area contributed by atoms with Crippen molar-refractivity contribution in [3.05, 3.63) is 24.0 Å². The number of rotatable bonds is 6. The van der Waals surface area contributed by atoms with E-state index < -0.39 is 0 Å². The molecule has 2 saturated carbocycles. The van der Waals surface area contributed by atoms with Crippen molar-refractivity contribution in [1.29, 1.82) is 0 Å². The molecule has 2 N–H and O–H groups in total. The van der Waals surface area contributed by atoms with Crippen molar-refractivity contribution in [2.75, 3.05) is 6.61 Å². The first kappa shape index (κ1) is 13.7. The van der Waals surface area contributed by atoms with E-state index in [0.29, 0.717) is 18.4 Å². The van der Waals surface area contributed by atoms with Crippen LogP contribution >= 0.6 is 0 Å². The first-order valence-electron chi connectivity index (χ1n) is 7.88. The third kappa shape index (κ3) is 2.90. The Labute approximate surface area is 120 Å². The predicted molar refractivity (Wildman–Crippen MR) is 77.6 cm³/mol. The zero-order valence-corrected chi connectivity index (χ0v) is 11.9. The van der Waals surface area contributed by atoms with E-state index >= 15 is 0 Å². The summed E-state index contributed by atoms with van der Waals surface area (Å²) < 4.78 is 2.14. The average molecular weight is 276 g/mol. The second-order valence-corrected chi connectivity index (χ2v) is 6.17. The van der Waals surface area contributed by atoms with Crippen LogP contribution in [-0.2, 0) is 0 Å². The zero-order valence-electron chi connectivity index (χ0n) is 11.9. The Morgan fingerprint density at radius 2 is 2.10 bits per heavy atom. The highest BCUT2D eigenvalue weighted by molar-refractivity contribution is 5.93. The first-order valence-corrected chi connectivity index (χ1v) is 7.88. The Hall–Kier alpha value is -1.29. The van der Waals surface area contributed by atoms with Gasteiger partial charge in [0.15, 0.2) is 0 Å². The maximum absolute atomic E-state index is 12.5. The minimum Gasteiger partial charge on any atom is -0.396 e. The molecule has 4 heteroatoms. The number of amides is 1. The molecule has 4 nitrogen and oxygen atoms in total. The lowest BCUT2D eigenvalue weighted by atomic mass is 10.1. The van der Waals surface area contributed by atoms with E-state index in [2.05, 4.69) is 9.88 Å². The summed E-state index contributed by atoms with van der Waals surface area (Å²) in [5.74, 6) is 0.591. The number of nitrogens with zero attached hydrogens (tertiary/aromatic N) is 1. The maximum atomic E-state index is 12.5. The van der Waals surface area contributed by atoms with E-state index in [4.69, 9.17) is 5.11 Å². The van der Waals surface area contributed by atoms with Crippen LogP contribution in [0.3, 0.4) is 0 Å². The molecule has 3 rings (SSSR count). The second kappa shape index (κ2) is 6.00. The molecule has 110 valence electrons. The van der Waals surface area contributed by atoms with Gasteiger partial charge in [0.05, 0.1) is 0 Å². The molecule has 0 radical (unpaired) electrons. The fourth-order valence-corrected chi connectivity index (χ4v) is 3.39. The Morgan fingerprint density at radius 1 is 1.35 bits per heavy atom. The molecule has 0 saturated heterocycles. The van der Waals surface area contributed by atoms with Gasteiger partial charge in [0.1, 0.15) is 5.69 Å². The van der Waals surface area contributed by atoms with E-state index in [9.17, 15) is 4.79 Å². The third-order valence-electron chi connectivity index (χ3n) is 4.68. The molecule has 1 heterocycles. The molecule has 2 aliphatic rings. The van der Waals surface area contributed by atoms with Crippen molar-refractivity contribution in [2.45, 2.75) is 57.0 Å². The van der Waals surface area contributed by atoms with Crippen LogP contribution in [0.4, 0.5) is 0 Å². The van der Waals surface area contributed by atoms with Crippen LogP contribution in [0.15, 0.2) is 18.3 Å². The smallest absolute Gasteiger partial charge is 0.268 e. The van der Waals surface area contributed by atoms with Gasteiger partial charge in [-0.05, 0) is 50.2 Å². The summed E-state index contributed by atoms with van der Waals surface area (Å²) in [6.07, 6.45) is 9.93. The van der Waals surface area contributed by atoms with Crippen LogP contribution in [0.25, 0.3) is 0 Å². The van der Waals surface area contributed by atoms with Crippen molar-refractivity contribution >= 4 is 5.91 Å². The summed E-state index contributed by atoms with van der Waals surface area (Å²) >= 11 is 0. The SMILES string of the molecule is O=C(NC(CCO)C1CC1)c1cccn1C1CCCC1. The van der Waals surface area contributed by atoms with Gasteiger partial charge in [0, 0.05) is 24.9 Å². The first-order chi connectivity index (χ1) is 9.79. The Kier molecular flexibility index (Phi) is 4.10. The van der Waals surface area contributed by atoms with E-state index in [0.717, 1.165) is 5.69 Å². The lowest BCUT2D eigenvalue weighted by Gasteiger charge is -2.20. The fourth-order valence-electron chi connectivity index (χ4n) is 3.39. The van der Waals surface area contributed by atoms with E-state index in [1.54, 1.807) is 0 Å². The van der Waals surface area contributed by atoms with Crippen molar-refractivity contribution in [1.82, 2.24) is 9.88 Å². The van der Waals surface area contributed by atoms with Gasteiger partial charge in [-0.25, -0.2) is 0 Å². The van der Waals surface area contributed by atoms with Crippen molar-refractivity contribution in [3.8, 4) is 0 Å². The van der Waals surface area contributed by atoms with Crippen molar-refractivity contribution in [3.63, 3.8) is 0 Å². The maximum Gasteiger partial charge on any atom is 0.268 e. The van der Waals surface area contributed by atoms with Gasteiger partial charge in [-0.2, -0.15) is 0 Å². The number of aliphatic hydroxyl groups is 1. The molecule has 2 fully saturated rings. The number of nitrogens with one attached hydrogen (secondary N) is 1. The van der Waals surface area contributed by atoms with E-state index in [1.165, 1.54) is 38.5 Å². The van der Waals surface area contributed by atoms with Gasteiger partial charge in [-0.15, -0.1) is 0 Å². The minimum atomic E-state index is 0.0206. The number of hydrogen-bond donors (Lipinski definition) is 2. The zero-order chi connectivity index (χ0) is 13.9. The predicted octanol–water partition coefficient (Wildman–Crippen LogP) is 2.49. The molecule has 0 spiro atoms. The lowest BCUT2D eigenvalue weighted by molar-refractivity contribution is 0.0912. The summed E-state index contributed by atoms with van der Waals surface area (Å²) in [6, 6.07) is 4.50. The molecular weight excluding hydrogens is 252 g/mol. The fraction of sp³-hybridized carbons (Fsp3) is 0.688. The number of hydrogen-bond acceptors (Lipinski definition) is 2. The van der Waals surface area contributed by atoms with Crippen LogP contribution in [0.5, 0.6) is 0 Å². The Balaban J connectivity index is 1.68. The summed E-state index contributed by atoms with van der Waals surface area (Å²) in [6.45, 7) is 0.144. The van der Waals surface area contributed by atoms with Gasteiger partial charge in [-0.1, -0.05) is 12.8 Å². The van der Waals surface area contributed by atoms with Crippen LogP contribution in [0.1, 0.15) is 61.5 Å². The topological polar surface area (TPSA) is 54.3 Å². The second-order valence-electron chi connectivity index (χ2n) is 6.17. The van der Waals surface area contributed by atoms with Crippen molar-refractivity contribution in [2.24, 2.45) is 5.92 Å². The van der Waals surface area contributed by atoms with Crippen LogP contribution < -0.4 is 5.32 Å². The molecule has 2 aliphatic carbocycles. The molecule has 1 unspecified atom stereocenters. The quantitative estimate of drug-likeness (QED) is 0.838. The molecule has 20 heavy (non-hydrogen) atoms. The van der Waals surface area contributed by atoms with Crippen molar-refractivity contribution < 1.29 is 9.90 Å².